The molecule has 7 rings (SSSR count). The summed E-state index contributed by atoms with van der Waals surface area (Å²) in [6.07, 6.45) is 0.938. The van der Waals surface area contributed by atoms with E-state index < -0.39 is 83.5 Å². The molecule has 2 aliphatic heterocycles. The number of hydrogen-bond acceptors (Lipinski definition) is 20. The van der Waals surface area contributed by atoms with Gasteiger partial charge in [0.25, 0.3) is 17.7 Å². The summed E-state index contributed by atoms with van der Waals surface area (Å²) < 4.78 is 50.1. The Labute approximate surface area is 580 Å². The Morgan fingerprint density at radius 1 is 0.700 bits per heavy atom. The minimum atomic E-state index is -1.28. The highest BCUT2D eigenvalue weighted by Gasteiger charge is 2.38. The minimum absolute atomic E-state index is 0.000584. The van der Waals surface area contributed by atoms with E-state index in [0.29, 0.717) is 56.0 Å². The SMILES string of the molecule is COc1cc2cc(C(=O)N3C[C@@H](CCl)c4c3cc(OC(=O)N(C)CCN(C)C(=O)OCc3ccc(NC(=O)[C@H](CCCNC(N)=O)NC(=O)[C@@H](NC(=O)CCOCCOCCOCCOCCNC(=O)CCN5C(=O)C=CC5=O)C(C)C)cc3)c3[nH]c(C(=O)O)cc43)[nH]c2c(OC)c1OC. The number of amides is 11. The number of imide groups is 1. The number of benzene rings is 3. The van der Waals surface area contributed by atoms with E-state index in [1.54, 1.807) is 50.2 Å². The van der Waals surface area contributed by atoms with Gasteiger partial charge in [-0.3, -0.25) is 38.5 Å². The lowest BCUT2D eigenvalue weighted by Gasteiger charge is -2.25. The van der Waals surface area contributed by atoms with Crippen LogP contribution in [-0.2, 0) is 59.1 Å². The standard InChI is InChI=1S/C66H85ClN12O21/c1-38(2)55(75-51(81)17-23-95-25-27-97-29-30-98-28-26-96-24-19-69-50(80)16-20-78-52(82)14-15-53(78)83)61(85)74-44(9-8-18-70-64(68)89)60(84)71-42-12-10-39(11-13-42)37-99-65(90)76(3)21-22-77(4)66(91)100-48-34-47-54(43-33-46(63(87)88)73-57(43)48)41(35-67)36-79(47)62(86)45-31-40-32-49(92-5)58(93-6)59(94-7)56(40)72-45/h10-15,31-34,38,41,44,55,72-73H,8-9,16-30,35-37H2,1-7H3,(H,69,80)(H,71,84)(H,74,85)(H,75,81)(H,87,88)(H3,68,70,89)/t41-,44+,55+/m1/s1. The first-order chi connectivity index (χ1) is 48.0. The van der Waals surface area contributed by atoms with Gasteiger partial charge < -0.3 is 105 Å². The number of aromatic carboxylic acids is 1. The molecule has 0 saturated heterocycles. The van der Waals surface area contributed by atoms with Gasteiger partial charge in [-0.1, -0.05) is 26.0 Å². The van der Waals surface area contributed by atoms with E-state index >= 15 is 0 Å². The molecule has 4 heterocycles. The fourth-order valence-electron chi connectivity index (χ4n) is 10.6. The number of carboxylic acids is 1. The highest BCUT2D eigenvalue weighted by Crippen LogP contribution is 2.48. The van der Waals surface area contributed by atoms with Crippen molar-refractivity contribution in [1.29, 1.82) is 0 Å². The normalized spacial score (nSPS) is 13.8. The number of halogens is 1. The maximum Gasteiger partial charge on any atom is 0.415 e. The molecule has 5 aromatic rings. The number of alkyl halides is 1. The zero-order valence-electron chi connectivity index (χ0n) is 56.6. The molecule has 10 N–H and O–H groups in total. The van der Waals surface area contributed by atoms with Crippen LogP contribution in [0, 0.1) is 5.92 Å². The van der Waals surface area contributed by atoms with Gasteiger partial charge in [0.15, 0.2) is 17.2 Å². The molecule has 100 heavy (non-hydrogen) atoms. The number of likely N-dealkylation sites (N-methyl/N-ethyl adjacent to an activating group) is 2. The Morgan fingerprint density at radius 2 is 1.33 bits per heavy atom. The van der Waals surface area contributed by atoms with Gasteiger partial charge in [0, 0.05) is 113 Å². The van der Waals surface area contributed by atoms with E-state index in [9.17, 15) is 57.8 Å². The first kappa shape index (κ1) is 77.1. The van der Waals surface area contributed by atoms with Crippen molar-refractivity contribution >= 4 is 110 Å². The zero-order chi connectivity index (χ0) is 72.6. The molecule has 3 aromatic carbocycles. The first-order valence-electron chi connectivity index (χ1n) is 32.0. The van der Waals surface area contributed by atoms with Crippen LogP contribution in [0.3, 0.4) is 0 Å². The maximum atomic E-state index is 14.5. The number of carbonyl (C=O) groups is 11. The number of carboxylic acid groups (broad SMARTS) is 1. The van der Waals surface area contributed by atoms with Crippen LogP contribution in [0.25, 0.3) is 21.8 Å². The van der Waals surface area contributed by atoms with Crippen molar-refractivity contribution in [2.75, 3.05) is 144 Å². The van der Waals surface area contributed by atoms with Crippen LogP contribution in [0.5, 0.6) is 23.0 Å². The molecule has 11 amide bonds. The largest absolute Gasteiger partial charge is 0.493 e. The summed E-state index contributed by atoms with van der Waals surface area (Å²) in [7, 11) is 7.29. The second-order valence-corrected chi connectivity index (χ2v) is 23.6. The number of anilines is 2. The molecule has 2 aromatic heterocycles. The lowest BCUT2D eigenvalue weighted by Crippen LogP contribution is -2.54. The number of primary amides is 1. The lowest BCUT2D eigenvalue weighted by atomic mass is 9.98. The van der Waals surface area contributed by atoms with Crippen LogP contribution >= 0.6 is 11.6 Å². The van der Waals surface area contributed by atoms with E-state index in [1.807, 2.05) is 0 Å². The zero-order valence-corrected chi connectivity index (χ0v) is 57.3. The van der Waals surface area contributed by atoms with Crippen LogP contribution in [0.2, 0.25) is 0 Å². The van der Waals surface area contributed by atoms with E-state index in [-0.39, 0.29) is 159 Å². The number of aromatic nitrogens is 2. The third-order valence-corrected chi connectivity index (χ3v) is 16.3. The Morgan fingerprint density at radius 3 is 1.94 bits per heavy atom. The van der Waals surface area contributed by atoms with Gasteiger partial charge >= 0.3 is 24.2 Å². The average molecular weight is 1420 g/mol. The van der Waals surface area contributed by atoms with Crippen molar-refractivity contribution < 1.29 is 100 Å². The monoisotopic (exact) mass is 1420 g/mol. The van der Waals surface area contributed by atoms with Gasteiger partial charge in [-0.05, 0) is 60.2 Å². The van der Waals surface area contributed by atoms with Crippen LogP contribution in [0.1, 0.15) is 77.6 Å². The number of nitrogens with two attached hydrogens (primary N) is 1. The predicted molar refractivity (Wildman–Crippen MR) is 362 cm³/mol. The Kier molecular flexibility index (Phi) is 29.0. The number of fused-ring (bicyclic) bond motifs is 4. The highest BCUT2D eigenvalue weighted by atomic mass is 35.5. The van der Waals surface area contributed by atoms with Gasteiger partial charge in [-0.25, -0.2) is 19.2 Å². The van der Waals surface area contributed by atoms with Gasteiger partial charge in [0.2, 0.25) is 29.4 Å². The second kappa shape index (κ2) is 37.7. The molecule has 0 saturated carbocycles. The molecule has 3 atom stereocenters. The lowest BCUT2D eigenvalue weighted by molar-refractivity contribution is -0.137. The van der Waals surface area contributed by atoms with Crippen molar-refractivity contribution in [2.24, 2.45) is 11.7 Å². The maximum absolute atomic E-state index is 14.5. The fraction of sp³-hybridized carbons (Fsp3) is 0.470. The van der Waals surface area contributed by atoms with Gasteiger partial charge in [-0.2, -0.15) is 0 Å². The van der Waals surface area contributed by atoms with Crippen LogP contribution < -0.4 is 56.2 Å². The van der Waals surface area contributed by atoms with E-state index in [4.69, 9.17) is 60.0 Å². The molecule has 0 bridgehead atoms. The number of nitrogens with one attached hydrogen (secondary N) is 7. The Hall–Kier alpha value is -10.2. The summed E-state index contributed by atoms with van der Waals surface area (Å²) in [6.45, 7) is 5.48. The topological polar surface area (TPSA) is 422 Å². The number of rotatable bonds is 40. The van der Waals surface area contributed by atoms with Crippen molar-refractivity contribution in [3.05, 3.63) is 83.2 Å². The molecule has 2 aliphatic rings. The number of ether oxygens (including phenoxy) is 9. The summed E-state index contributed by atoms with van der Waals surface area (Å²) in [5.41, 5.74) is 7.63. The molecular weight excluding hydrogens is 1330 g/mol. The molecule has 0 aliphatic carbocycles. The summed E-state index contributed by atoms with van der Waals surface area (Å²) in [5, 5.41) is 24.3. The molecular formula is C66H85ClN12O21. The fourth-order valence-corrected chi connectivity index (χ4v) is 10.9. The summed E-state index contributed by atoms with van der Waals surface area (Å²) in [6, 6.07) is 9.62. The number of H-pyrrole nitrogens is 2. The number of methoxy groups -OCH3 is 3. The molecule has 33 nitrogen and oxygen atoms in total. The van der Waals surface area contributed by atoms with Crippen molar-refractivity contribution in [1.82, 2.24) is 45.9 Å². The van der Waals surface area contributed by atoms with Gasteiger partial charge in [0.1, 0.15) is 30.1 Å². The molecule has 0 radical (unpaired) electrons. The van der Waals surface area contributed by atoms with Crippen LogP contribution in [0.4, 0.5) is 25.8 Å². The number of aromatic amines is 2. The minimum Gasteiger partial charge on any atom is -0.493 e. The summed E-state index contributed by atoms with van der Waals surface area (Å²) in [4.78, 5) is 152. The molecule has 0 unspecified atom stereocenters. The van der Waals surface area contributed by atoms with Crippen molar-refractivity contribution in [3.8, 4) is 23.0 Å². The van der Waals surface area contributed by atoms with E-state index in [2.05, 4.69) is 36.6 Å². The molecule has 34 heteroatoms. The number of urea groups is 1. The van der Waals surface area contributed by atoms with Crippen LogP contribution in [0.15, 0.2) is 60.7 Å². The quantitative estimate of drug-likeness (QED) is 0.0152. The van der Waals surface area contributed by atoms with E-state index in [0.717, 1.165) is 17.1 Å². The van der Waals surface area contributed by atoms with Gasteiger partial charge in [-0.15, -0.1) is 11.6 Å². The van der Waals surface area contributed by atoms with E-state index in [1.165, 1.54) is 62.3 Å². The van der Waals surface area contributed by atoms with Gasteiger partial charge in [0.05, 0.1) is 90.9 Å². The van der Waals surface area contributed by atoms with Crippen molar-refractivity contribution in [3.63, 3.8) is 0 Å². The smallest absolute Gasteiger partial charge is 0.415 e. The Bertz CT molecular complexity index is 3770. The summed E-state index contributed by atoms with van der Waals surface area (Å²) in [5.74, 6) is -4.52. The second-order valence-electron chi connectivity index (χ2n) is 23.3. The number of nitrogens with zero attached hydrogens (tertiary/aromatic N) is 4. The highest BCUT2D eigenvalue weighted by molar-refractivity contribution is 6.20. The number of hydrogen-bond donors (Lipinski definition) is 9. The molecule has 0 spiro atoms. The Balaban J connectivity index is 0.827. The predicted octanol–water partition coefficient (Wildman–Crippen LogP) is 3.96. The summed E-state index contributed by atoms with van der Waals surface area (Å²) >= 11 is 6.52. The third-order valence-electron chi connectivity index (χ3n) is 16.0. The van der Waals surface area contributed by atoms with Crippen molar-refractivity contribution in [2.45, 2.75) is 64.1 Å². The average Bonchev–Trinajstić information content (AvgIpc) is 1.58. The first-order valence-corrected chi connectivity index (χ1v) is 32.6. The van der Waals surface area contributed by atoms with Crippen LogP contribution in [-0.4, -0.2) is 241 Å². The molecule has 0 fully saturated rings. The molecule has 542 valence electrons. The number of carbonyl (C=O) groups excluding carboxylic acids is 10. The third kappa shape index (κ3) is 21.2.